The van der Waals surface area contributed by atoms with E-state index in [1.807, 2.05) is 0 Å². The molecule has 1 aliphatic rings. The Morgan fingerprint density at radius 1 is 1.23 bits per heavy atom. The van der Waals surface area contributed by atoms with E-state index in [4.69, 9.17) is 14.2 Å². The van der Waals surface area contributed by atoms with Gasteiger partial charge in [-0.1, -0.05) is 24.3 Å². The van der Waals surface area contributed by atoms with Crippen molar-refractivity contribution in [1.29, 1.82) is 0 Å². The van der Waals surface area contributed by atoms with Gasteiger partial charge in [0.2, 0.25) is 11.9 Å². The van der Waals surface area contributed by atoms with Gasteiger partial charge in [-0.15, -0.1) is 0 Å². The van der Waals surface area contributed by atoms with Gasteiger partial charge in [0.25, 0.3) is 5.69 Å². The number of hydrogen-bond acceptors (Lipinski definition) is 7. The van der Waals surface area contributed by atoms with Crippen LogP contribution in [0.4, 0.5) is 5.69 Å². The lowest BCUT2D eigenvalue weighted by Gasteiger charge is -2.24. The topological polar surface area (TPSA) is 105 Å². The maximum absolute atomic E-state index is 12.1. The zero-order valence-corrected chi connectivity index (χ0v) is 13.8. The fourth-order valence-electron chi connectivity index (χ4n) is 2.43. The number of nitro groups is 1. The molecule has 0 aliphatic carbocycles. The van der Waals surface area contributed by atoms with Crippen molar-refractivity contribution < 1.29 is 28.7 Å². The predicted octanol–water partition coefficient (Wildman–Crippen LogP) is 2.47. The van der Waals surface area contributed by atoms with Crippen molar-refractivity contribution >= 4 is 17.4 Å². The van der Waals surface area contributed by atoms with Gasteiger partial charge in [0, 0.05) is 17.2 Å². The molecule has 2 aromatic rings. The molecule has 8 nitrogen and oxygen atoms in total. The molecule has 0 saturated heterocycles. The monoisotopic (exact) mass is 357 g/mol. The zero-order chi connectivity index (χ0) is 18.7. The lowest BCUT2D eigenvalue weighted by Crippen LogP contribution is -2.38. The van der Waals surface area contributed by atoms with Crippen LogP contribution in [0.3, 0.4) is 0 Å². The number of para-hydroxylation sites is 2. The van der Waals surface area contributed by atoms with Gasteiger partial charge >= 0.3 is 5.97 Å². The number of rotatable bonds is 5. The summed E-state index contributed by atoms with van der Waals surface area (Å²) >= 11 is 0. The minimum absolute atomic E-state index is 0.0277. The van der Waals surface area contributed by atoms with Crippen molar-refractivity contribution in [3.8, 4) is 11.5 Å². The van der Waals surface area contributed by atoms with E-state index >= 15 is 0 Å². The number of Topliss-reactive ketones (excluding diaryl/α,β-unsaturated/α-hetero) is 1. The van der Waals surface area contributed by atoms with Gasteiger partial charge in [-0.3, -0.25) is 14.9 Å². The molecule has 0 aromatic heterocycles. The molecule has 0 radical (unpaired) electrons. The number of fused-ring (bicyclic) bond motifs is 1. The average Bonchev–Trinajstić information content (AvgIpc) is 2.65. The second-order valence-electron chi connectivity index (χ2n) is 5.65. The fraction of sp³-hybridized carbons (Fsp3) is 0.222. The number of aryl methyl sites for hydroxylation is 1. The van der Waals surface area contributed by atoms with Gasteiger partial charge in [-0.05, 0) is 19.1 Å². The maximum Gasteiger partial charge on any atom is 0.351 e. The normalized spacial score (nSPS) is 15.2. The van der Waals surface area contributed by atoms with Crippen LogP contribution in [-0.2, 0) is 9.53 Å². The van der Waals surface area contributed by atoms with Crippen LogP contribution in [0.1, 0.15) is 15.9 Å². The molecular weight excluding hydrogens is 342 g/mol. The Labute approximate surface area is 148 Å². The molecular formula is C18H15NO7. The average molecular weight is 357 g/mol. The third kappa shape index (κ3) is 3.64. The minimum Gasteiger partial charge on any atom is -0.485 e. The highest BCUT2D eigenvalue weighted by molar-refractivity contribution is 5.98. The third-order valence-corrected chi connectivity index (χ3v) is 3.84. The Balaban J connectivity index is 1.61. The van der Waals surface area contributed by atoms with Gasteiger partial charge < -0.3 is 14.2 Å². The number of hydrogen-bond donors (Lipinski definition) is 0. The summed E-state index contributed by atoms with van der Waals surface area (Å²) in [5.41, 5.74) is 0.374. The van der Waals surface area contributed by atoms with Crippen LogP contribution in [0.25, 0.3) is 0 Å². The summed E-state index contributed by atoms with van der Waals surface area (Å²) in [6.07, 6.45) is -0.981. The van der Waals surface area contributed by atoms with Gasteiger partial charge in [0.05, 0.1) is 4.92 Å². The first kappa shape index (κ1) is 17.4. The molecule has 134 valence electrons. The number of carbonyl (C=O) groups excluding carboxylic acids is 2. The standard InChI is InChI=1S/C18H15NO7/c1-11-6-7-12(8-13(11)19(22)23)14(20)9-25-18(21)17-10-24-15-4-2-3-5-16(15)26-17/h2-8,17H,9-10H2,1H3/t17-/m1/s1. The number of benzene rings is 2. The molecule has 0 N–H and O–H groups in total. The van der Waals surface area contributed by atoms with E-state index in [-0.39, 0.29) is 17.9 Å². The second kappa shape index (κ2) is 7.22. The Morgan fingerprint density at radius 2 is 1.96 bits per heavy atom. The van der Waals surface area contributed by atoms with Crippen molar-refractivity contribution in [3.05, 3.63) is 63.7 Å². The van der Waals surface area contributed by atoms with Crippen LogP contribution in [0.2, 0.25) is 0 Å². The SMILES string of the molecule is Cc1ccc(C(=O)COC(=O)[C@H]2COc3ccccc3O2)cc1[N+](=O)[O-]. The van der Waals surface area contributed by atoms with Crippen LogP contribution in [0.5, 0.6) is 11.5 Å². The molecule has 0 amide bonds. The maximum atomic E-state index is 12.1. The van der Waals surface area contributed by atoms with E-state index in [9.17, 15) is 19.7 Å². The van der Waals surface area contributed by atoms with Gasteiger partial charge in [0.15, 0.2) is 18.1 Å². The second-order valence-corrected chi connectivity index (χ2v) is 5.65. The Bertz CT molecular complexity index is 878. The Morgan fingerprint density at radius 3 is 2.69 bits per heavy atom. The first-order valence-electron chi connectivity index (χ1n) is 7.79. The largest absolute Gasteiger partial charge is 0.485 e. The Kier molecular flexibility index (Phi) is 4.83. The molecule has 0 fully saturated rings. The van der Waals surface area contributed by atoms with E-state index < -0.39 is 29.4 Å². The summed E-state index contributed by atoms with van der Waals surface area (Å²) in [4.78, 5) is 34.6. The molecule has 1 heterocycles. The van der Waals surface area contributed by atoms with Crippen LogP contribution in [0, 0.1) is 17.0 Å². The van der Waals surface area contributed by atoms with Crippen molar-refractivity contribution in [3.63, 3.8) is 0 Å². The number of nitro benzene ring substituents is 1. The number of ketones is 1. The number of carbonyl (C=O) groups is 2. The first-order chi connectivity index (χ1) is 12.5. The summed E-state index contributed by atoms with van der Waals surface area (Å²) in [6.45, 7) is 1.01. The predicted molar refractivity (Wildman–Crippen MR) is 89.5 cm³/mol. The highest BCUT2D eigenvalue weighted by atomic mass is 16.6. The van der Waals surface area contributed by atoms with Crippen LogP contribution in [-0.4, -0.2) is 36.0 Å². The van der Waals surface area contributed by atoms with Gasteiger partial charge in [0.1, 0.15) is 6.61 Å². The van der Waals surface area contributed by atoms with Gasteiger partial charge in [-0.25, -0.2) is 4.79 Å². The van der Waals surface area contributed by atoms with E-state index in [1.165, 1.54) is 18.2 Å². The Hall–Kier alpha value is -3.42. The molecule has 3 rings (SSSR count). The third-order valence-electron chi connectivity index (χ3n) is 3.84. The first-order valence-corrected chi connectivity index (χ1v) is 7.79. The van der Waals surface area contributed by atoms with Crippen molar-refractivity contribution in [1.82, 2.24) is 0 Å². The lowest BCUT2D eigenvalue weighted by atomic mass is 10.1. The van der Waals surface area contributed by atoms with Crippen LogP contribution >= 0.6 is 0 Å². The quantitative estimate of drug-likeness (QED) is 0.350. The molecule has 1 aliphatic heterocycles. The summed E-state index contributed by atoms with van der Waals surface area (Å²) in [5.74, 6) is -0.339. The number of ether oxygens (including phenoxy) is 3. The highest BCUT2D eigenvalue weighted by Crippen LogP contribution is 2.31. The summed E-state index contributed by atoms with van der Waals surface area (Å²) in [5, 5.41) is 10.9. The lowest BCUT2D eigenvalue weighted by molar-refractivity contribution is -0.385. The van der Waals surface area contributed by atoms with Crippen molar-refractivity contribution in [2.24, 2.45) is 0 Å². The van der Waals surface area contributed by atoms with E-state index in [2.05, 4.69) is 0 Å². The minimum atomic E-state index is -0.981. The van der Waals surface area contributed by atoms with Crippen molar-refractivity contribution in [2.75, 3.05) is 13.2 Å². The molecule has 0 bridgehead atoms. The summed E-state index contributed by atoms with van der Waals surface area (Å²) in [6, 6.07) is 11.0. The summed E-state index contributed by atoms with van der Waals surface area (Å²) in [7, 11) is 0. The molecule has 26 heavy (non-hydrogen) atoms. The fourth-order valence-corrected chi connectivity index (χ4v) is 2.43. The molecule has 8 heteroatoms. The number of nitrogens with zero attached hydrogens (tertiary/aromatic N) is 1. The smallest absolute Gasteiger partial charge is 0.351 e. The zero-order valence-electron chi connectivity index (χ0n) is 13.8. The van der Waals surface area contributed by atoms with Crippen LogP contribution < -0.4 is 9.47 Å². The highest BCUT2D eigenvalue weighted by Gasteiger charge is 2.29. The van der Waals surface area contributed by atoms with Crippen molar-refractivity contribution in [2.45, 2.75) is 13.0 Å². The molecule has 0 spiro atoms. The molecule has 0 unspecified atom stereocenters. The van der Waals surface area contributed by atoms with E-state index in [0.717, 1.165) is 0 Å². The van der Waals surface area contributed by atoms with Gasteiger partial charge in [-0.2, -0.15) is 0 Å². The number of esters is 1. The van der Waals surface area contributed by atoms with E-state index in [0.29, 0.717) is 17.1 Å². The van der Waals surface area contributed by atoms with E-state index in [1.54, 1.807) is 31.2 Å². The molecule has 0 saturated carbocycles. The molecule has 1 atom stereocenters. The van der Waals surface area contributed by atoms with Crippen LogP contribution in [0.15, 0.2) is 42.5 Å². The summed E-state index contributed by atoms with van der Waals surface area (Å²) < 4.78 is 15.9. The molecule has 2 aromatic carbocycles.